The Hall–Kier alpha value is -3.48. The zero-order valence-electron chi connectivity index (χ0n) is 17.9. The molecule has 0 spiro atoms. The molecule has 3 aromatic rings. The van der Waals surface area contributed by atoms with Crippen LogP contribution in [0.15, 0.2) is 48.5 Å². The minimum Gasteiger partial charge on any atom is -0.453 e. The molecule has 1 aliphatic heterocycles. The molecule has 0 aliphatic carbocycles. The van der Waals surface area contributed by atoms with E-state index in [0.29, 0.717) is 12.1 Å². The number of Topliss-reactive ketones (excluding diaryl/α,β-unsaturated/α-hetero) is 1. The van der Waals surface area contributed by atoms with Gasteiger partial charge in [0.2, 0.25) is 5.78 Å². The molecule has 1 aromatic carbocycles. The molecule has 1 fully saturated rings. The van der Waals surface area contributed by atoms with E-state index in [1.54, 1.807) is 12.1 Å². The maximum absolute atomic E-state index is 12.7. The van der Waals surface area contributed by atoms with Crippen LogP contribution in [0.2, 0.25) is 0 Å². The van der Waals surface area contributed by atoms with Crippen LogP contribution in [0.25, 0.3) is 0 Å². The van der Waals surface area contributed by atoms with E-state index in [9.17, 15) is 9.59 Å². The Bertz CT molecular complexity index is 1070. The quantitative estimate of drug-likeness (QED) is 0.431. The Morgan fingerprint density at radius 3 is 2.42 bits per heavy atom. The number of rotatable bonds is 7. The summed E-state index contributed by atoms with van der Waals surface area (Å²) in [6.07, 6.45) is 2.28. The first kappa shape index (κ1) is 20.8. The highest BCUT2D eigenvalue weighted by atomic mass is 16.5. The summed E-state index contributed by atoms with van der Waals surface area (Å²) in [6, 6.07) is 15.3. The zero-order chi connectivity index (χ0) is 21.8. The number of anilines is 1. The number of ether oxygens (including phenoxy) is 1. The fourth-order valence-corrected chi connectivity index (χ4v) is 3.92. The predicted molar refractivity (Wildman–Crippen MR) is 118 cm³/mol. The number of benzene rings is 1. The molecule has 2 aromatic heterocycles. The first-order valence-electron chi connectivity index (χ1n) is 10.5. The Morgan fingerprint density at radius 2 is 1.74 bits per heavy atom. The summed E-state index contributed by atoms with van der Waals surface area (Å²) in [5.74, 6) is -0.120. The van der Waals surface area contributed by atoms with Crippen LogP contribution in [0.3, 0.4) is 0 Å². The van der Waals surface area contributed by atoms with E-state index in [0.717, 1.165) is 48.7 Å². The van der Waals surface area contributed by atoms with Crippen LogP contribution in [0.5, 0.6) is 0 Å². The predicted octanol–water partition coefficient (Wildman–Crippen LogP) is 3.58. The largest absolute Gasteiger partial charge is 0.453 e. The highest BCUT2D eigenvalue weighted by Crippen LogP contribution is 2.19. The number of aromatic nitrogens is 3. The van der Waals surface area contributed by atoms with Gasteiger partial charge in [-0.15, -0.1) is 10.2 Å². The van der Waals surface area contributed by atoms with Crippen molar-refractivity contribution in [2.24, 2.45) is 0 Å². The van der Waals surface area contributed by atoms with Crippen molar-refractivity contribution in [3.8, 4) is 0 Å². The van der Waals surface area contributed by atoms with Crippen molar-refractivity contribution in [1.82, 2.24) is 14.8 Å². The van der Waals surface area contributed by atoms with Crippen molar-refractivity contribution in [3.05, 3.63) is 76.7 Å². The molecule has 1 aliphatic rings. The van der Waals surface area contributed by atoms with Crippen LogP contribution >= 0.6 is 0 Å². The lowest BCUT2D eigenvalue weighted by molar-refractivity contribution is 0.0467. The standard InChI is InChI=1S/C24H26N4O3/c1-17-14-20(18(2)28(17)15-19-8-4-3-5-9-19)22(29)16-31-24(30)21-10-11-23(26-25-21)27-12-6-7-13-27/h3-5,8-11,14H,6-7,12-13,15-16H2,1-2H3. The number of aryl methyl sites for hydroxylation is 1. The Balaban J connectivity index is 1.38. The van der Waals surface area contributed by atoms with Gasteiger partial charge in [0.1, 0.15) is 0 Å². The molecular formula is C24H26N4O3. The van der Waals surface area contributed by atoms with Crippen LogP contribution < -0.4 is 4.90 Å². The average molecular weight is 418 g/mol. The van der Waals surface area contributed by atoms with Gasteiger partial charge in [-0.2, -0.15) is 0 Å². The van der Waals surface area contributed by atoms with E-state index in [1.807, 2.05) is 38.1 Å². The summed E-state index contributed by atoms with van der Waals surface area (Å²) >= 11 is 0. The van der Waals surface area contributed by atoms with Crippen molar-refractivity contribution in [2.75, 3.05) is 24.6 Å². The molecule has 0 radical (unpaired) electrons. The number of hydrogen-bond acceptors (Lipinski definition) is 6. The zero-order valence-corrected chi connectivity index (χ0v) is 17.9. The molecule has 31 heavy (non-hydrogen) atoms. The summed E-state index contributed by atoms with van der Waals surface area (Å²) < 4.78 is 7.31. The van der Waals surface area contributed by atoms with Crippen molar-refractivity contribution in [3.63, 3.8) is 0 Å². The second-order valence-corrected chi connectivity index (χ2v) is 7.83. The minimum atomic E-state index is -0.646. The highest BCUT2D eigenvalue weighted by Gasteiger charge is 2.20. The van der Waals surface area contributed by atoms with Gasteiger partial charge in [-0.1, -0.05) is 30.3 Å². The van der Waals surface area contributed by atoms with Crippen LogP contribution in [0, 0.1) is 13.8 Å². The van der Waals surface area contributed by atoms with Gasteiger partial charge in [0, 0.05) is 36.6 Å². The second-order valence-electron chi connectivity index (χ2n) is 7.83. The molecule has 7 nitrogen and oxygen atoms in total. The molecular weight excluding hydrogens is 392 g/mol. The topological polar surface area (TPSA) is 77.3 Å². The Kier molecular flexibility index (Phi) is 6.11. The van der Waals surface area contributed by atoms with Crippen LogP contribution in [-0.4, -0.2) is 46.2 Å². The first-order chi connectivity index (χ1) is 15.0. The number of carbonyl (C=O) groups is 2. The monoisotopic (exact) mass is 418 g/mol. The first-order valence-corrected chi connectivity index (χ1v) is 10.5. The lowest BCUT2D eigenvalue weighted by Gasteiger charge is -2.15. The van der Waals surface area contributed by atoms with Crippen LogP contribution in [0.4, 0.5) is 5.82 Å². The van der Waals surface area contributed by atoms with Crippen molar-refractivity contribution in [2.45, 2.75) is 33.2 Å². The number of nitrogens with zero attached hydrogens (tertiary/aromatic N) is 4. The minimum absolute atomic E-state index is 0.102. The third kappa shape index (κ3) is 4.66. The van der Waals surface area contributed by atoms with E-state index in [-0.39, 0.29) is 18.1 Å². The van der Waals surface area contributed by atoms with Crippen LogP contribution in [-0.2, 0) is 11.3 Å². The van der Waals surface area contributed by atoms with Gasteiger partial charge in [-0.05, 0) is 50.5 Å². The van der Waals surface area contributed by atoms with E-state index >= 15 is 0 Å². The molecule has 0 amide bonds. The van der Waals surface area contributed by atoms with Gasteiger partial charge in [-0.25, -0.2) is 4.79 Å². The average Bonchev–Trinajstić information content (AvgIpc) is 3.43. The lowest BCUT2D eigenvalue weighted by atomic mass is 10.1. The SMILES string of the molecule is Cc1cc(C(=O)COC(=O)c2ccc(N3CCCC3)nn2)c(C)n1Cc1ccccc1. The van der Waals surface area contributed by atoms with Gasteiger partial charge >= 0.3 is 5.97 Å². The van der Waals surface area contributed by atoms with E-state index in [2.05, 4.69) is 31.8 Å². The summed E-state index contributed by atoms with van der Waals surface area (Å²) in [7, 11) is 0. The molecule has 0 bridgehead atoms. The summed E-state index contributed by atoms with van der Waals surface area (Å²) in [5.41, 5.74) is 3.67. The van der Waals surface area contributed by atoms with E-state index in [1.165, 1.54) is 0 Å². The normalized spacial score (nSPS) is 13.4. The van der Waals surface area contributed by atoms with Crippen molar-refractivity contribution < 1.29 is 14.3 Å². The summed E-state index contributed by atoms with van der Waals surface area (Å²) in [6.45, 7) is 6.14. The fraction of sp³-hybridized carbons (Fsp3) is 0.333. The number of esters is 1. The molecule has 0 unspecified atom stereocenters. The third-order valence-electron chi connectivity index (χ3n) is 5.68. The molecule has 0 saturated carbocycles. The van der Waals surface area contributed by atoms with Gasteiger partial charge in [-0.3, -0.25) is 4.79 Å². The summed E-state index contributed by atoms with van der Waals surface area (Å²) in [5, 5.41) is 8.10. The molecule has 7 heteroatoms. The highest BCUT2D eigenvalue weighted by molar-refractivity contribution is 6.00. The maximum Gasteiger partial charge on any atom is 0.359 e. The Labute approximate surface area is 181 Å². The number of carbonyl (C=O) groups excluding carboxylic acids is 2. The molecule has 0 N–H and O–H groups in total. The maximum atomic E-state index is 12.7. The van der Waals surface area contributed by atoms with Gasteiger partial charge in [0.15, 0.2) is 18.1 Å². The smallest absolute Gasteiger partial charge is 0.359 e. The molecule has 0 atom stereocenters. The number of ketones is 1. The van der Waals surface area contributed by atoms with Gasteiger partial charge in [0.25, 0.3) is 0 Å². The van der Waals surface area contributed by atoms with E-state index in [4.69, 9.17) is 4.74 Å². The number of hydrogen-bond donors (Lipinski definition) is 0. The third-order valence-corrected chi connectivity index (χ3v) is 5.68. The van der Waals surface area contributed by atoms with Crippen molar-refractivity contribution >= 4 is 17.6 Å². The summed E-state index contributed by atoms with van der Waals surface area (Å²) in [4.78, 5) is 27.2. The molecule has 3 heterocycles. The Morgan fingerprint density at radius 1 is 1.00 bits per heavy atom. The van der Waals surface area contributed by atoms with Gasteiger partial charge < -0.3 is 14.2 Å². The van der Waals surface area contributed by atoms with E-state index < -0.39 is 5.97 Å². The van der Waals surface area contributed by atoms with Crippen LogP contribution in [0.1, 0.15) is 50.6 Å². The fourth-order valence-electron chi connectivity index (χ4n) is 3.92. The van der Waals surface area contributed by atoms with Gasteiger partial charge in [0.05, 0.1) is 0 Å². The van der Waals surface area contributed by atoms with Crippen molar-refractivity contribution in [1.29, 1.82) is 0 Å². The molecule has 1 saturated heterocycles. The molecule has 4 rings (SSSR count). The second kappa shape index (κ2) is 9.12. The molecule has 160 valence electrons. The lowest BCUT2D eigenvalue weighted by Crippen LogP contribution is -2.20.